The Morgan fingerprint density at radius 3 is 0.576 bits per heavy atom. The molecule has 0 atom stereocenters. The van der Waals surface area contributed by atoms with Crippen molar-refractivity contribution in [1.82, 2.24) is 42.4 Å². The number of hydrogen-bond acceptors (Lipinski definition) is 3. The van der Waals surface area contributed by atoms with Crippen molar-refractivity contribution in [2.24, 2.45) is 0 Å². The highest BCUT2D eigenvalue weighted by Gasteiger charge is 2.27. The lowest BCUT2D eigenvalue weighted by atomic mass is 9.93. The van der Waals surface area contributed by atoms with E-state index in [0.29, 0.717) is 17.7 Å². The zero-order chi connectivity index (χ0) is 86.6. The molecule has 0 saturated heterocycles. The minimum Gasteiger partial charge on any atom is -0.309 e. The van der Waals surface area contributed by atoms with Gasteiger partial charge in [-0.05, 0) is 272 Å². The van der Waals surface area contributed by atoms with Gasteiger partial charge in [-0.25, -0.2) is 0 Å². The minimum atomic E-state index is 0.470. The Hall–Kier alpha value is -17.8. The number of hydrogen-bond donors (Lipinski definition) is 0. The number of aromatic nitrogens is 9. The Kier molecular flexibility index (Phi) is 16.9. The molecule has 0 N–H and O–H groups in total. The highest BCUT2D eigenvalue weighted by atomic mass is 15.3. The van der Waals surface area contributed by atoms with E-state index in [1.54, 1.807) is 0 Å². The maximum Gasteiger partial charge on any atom is 0.240 e. The van der Waals surface area contributed by atoms with Gasteiger partial charge in [0.15, 0.2) is 5.82 Å². The molecular weight excluding hydrogens is 1600 g/mol. The van der Waals surface area contributed by atoms with E-state index in [-0.39, 0.29) is 0 Å². The molecule has 0 amide bonds. The molecule has 132 heavy (non-hydrogen) atoms. The molecule has 0 aliphatic rings. The highest BCUT2D eigenvalue weighted by molar-refractivity contribution is 6.18. The molecule has 0 fully saturated rings. The number of fused-ring (bicyclic) bond motifs is 18. The van der Waals surface area contributed by atoms with E-state index in [2.05, 4.69) is 495 Å². The smallest absolute Gasteiger partial charge is 0.240 e. The lowest BCUT2D eigenvalue weighted by Crippen LogP contribution is -2.10. The quantitative estimate of drug-likeness (QED) is 0.109. The summed E-state index contributed by atoms with van der Waals surface area (Å²) in [4.78, 5) is 17.8. The van der Waals surface area contributed by atoms with Crippen molar-refractivity contribution in [2.45, 2.75) is 0 Å². The first-order valence-electron chi connectivity index (χ1n) is 45.1. The molecule has 9 nitrogen and oxygen atoms in total. The van der Waals surface area contributed by atoms with E-state index in [0.717, 1.165) is 194 Å². The van der Waals surface area contributed by atoms with Crippen molar-refractivity contribution in [3.8, 4) is 124 Å². The number of rotatable bonds is 14. The maximum absolute atomic E-state index is 5.99. The maximum atomic E-state index is 5.99. The van der Waals surface area contributed by atoms with E-state index in [4.69, 9.17) is 15.0 Å². The van der Waals surface area contributed by atoms with Crippen molar-refractivity contribution in [2.75, 3.05) is 0 Å². The normalized spacial score (nSPS) is 11.9. The summed E-state index contributed by atoms with van der Waals surface area (Å²) >= 11 is 0. The lowest BCUT2D eigenvalue weighted by Gasteiger charge is -2.14. The average Bonchev–Trinajstić information content (AvgIpc) is 1.23. The van der Waals surface area contributed by atoms with Crippen LogP contribution < -0.4 is 0 Å². The minimum absolute atomic E-state index is 0.470. The van der Waals surface area contributed by atoms with Gasteiger partial charge in [-0.1, -0.05) is 273 Å². The van der Waals surface area contributed by atoms with Crippen LogP contribution in [0.3, 0.4) is 0 Å². The van der Waals surface area contributed by atoms with Crippen LogP contribution in [0.5, 0.6) is 0 Å². The van der Waals surface area contributed by atoms with Crippen molar-refractivity contribution in [1.29, 1.82) is 0 Å². The molecule has 0 aliphatic carbocycles. The van der Waals surface area contributed by atoms with Crippen LogP contribution in [0.25, 0.3) is 255 Å². The van der Waals surface area contributed by atoms with Gasteiger partial charge < -0.3 is 18.3 Å². The van der Waals surface area contributed by atoms with Gasteiger partial charge in [-0.2, -0.15) is 15.0 Å². The van der Waals surface area contributed by atoms with Crippen molar-refractivity contribution in [3.63, 3.8) is 0 Å². The van der Waals surface area contributed by atoms with Crippen molar-refractivity contribution < 1.29 is 0 Å². The standard InChI is InChI=1S/C123H77N9/c1-7-28-78(29-8-1)90-67-91(79-30-9-2-10-31-79)69-92(68-90)80-32-27-33-89(66-80)121-124-122(131-117-62-54-85(81-50-58-113-101(70-81)97-42-19-23-46-109(97)127(113)93-34-11-3-12-35-93)74-105(117)106-75-86(55-63-118(106)131)82-51-59-114-102(71-82)98-43-20-24-47-110(98)128(114)94-36-13-4-14-37-94)126-123(125-121)132-119-64-56-87(83-52-60-115-103(72-83)99-44-21-25-48-111(99)129(115)95-38-15-5-16-39-95)76-107(119)108-77-88(57-65-120(108)132)84-53-61-116-104(73-84)100-45-22-26-49-112(100)130(116)96-40-17-6-18-41-96/h1-77H. The van der Waals surface area contributed by atoms with Crippen LogP contribution in [-0.4, -0.2) is 42.4 Å². The first kappa shape index (κ1) is 74.5. The molecule has 20 aromatic carbocycles. The average molecular weight is 1680 g/mol. The Morgan fingerprint density at radius 1 is 0.114 bits per heavy atom. The molecule has 0 radical (unpaired) electrons. The summed E-state index contributed by atoms with van der Waals surface area (Å²) in [6, 6.07) is 171. The fourth-order valence-corrected chi connectivity index (χ4v) is 21.1. The van der Waals surface area contributed by atoms with Gasteiger partial charge in [0, 0.05) is 92.9 Å². The van der Waals surface area contributed by atoms with E-state index in [9.17, 15) is 0 Å². The molecule has 27 rings (SSSR count). The zero-order valence-corrected chi connectivity index (χ0v) is 71.5. The summed E-state index contributed by atoms with van der Waals surface area (Å²) in [6.45, 7) is 0. The Morgan fingerprint density at radius 2 is 0.303 bits per heavy atom. The molecule has 0 aliphatic heterocycles. The monoisotopic (exact) mass is 1680 g/mol. The topological polar surface area (TPSA) is 68.2 Å². The van der Waals surface area contributed by atoms with Gasteiger partial charge in [-0.15, -0.1) is 0 Å². The third-order valence-corrected chi connectivity index (χ3v) is 27.2. The Balaban J connectivity index is 0.701. The molecule has 0 unspecified atom stereocenters. The molecule has 9 heteroatoms. The van der Waals surface area contributed by atoms with Gasteiger partial charge in [0.05, 0.1) is 66.2 Å². The number of benzene rings is 20. The fourth-order valence-electron chi connectivity index (χ4n) is 21.1. The molecule has 614 valence electrons. The first-order chi connectivity index (χ1) is 65.4. The second-order valence-electron chi connectivity index (χ2n) is 34.6. The molecule has 0 bridgehead atoms. The zero-order valence-electron chi connectivity index (χ0n) is 71.5. The van der Waals surface area contributed by atoms with E-state index in [1.807, 2.05) is 0 Å². The second kappa shape index (κ2) is 29.9. The summed E-state index contributed by atoms with van der Waals surface area (Å²) in [5.41, 5.74) is 33.7. The summed E-state index contributed by atoms with van der Waals surface area (Å²) in [5, 5.41) is 13.7. The predicted octanol–water partition coefficient (Wildman–Crippen LogP) is 31.8. The van der Waals surface area contributed by atoms with Gasteiger partial charge in [0.2, 0.25) is 11.9 Å². The summed E-state index contributed by atoms with van der Waals surface area (Å²) in [6.07, 6.45) is 0. The van der Waals surface area contributed by atoms with Crippen LogP contribution in [-0.2, 0) is 0 Å². The largest absolute Gasteiger partial charge is 0.309 e. The second-order valence-corrected chi connectivity index (χ2v) is 34.6. The SMILES string of the molecule is c1ccc(-c2cc(-c3ccccc3)cc(-c3cccc(-c4nc(-n5c6ccc(-c7ccc8c(c7)c7ccccc7n8-c7ccccc7)cc6c6cc(-c7ccc8c(c7)c7ccccc7n8-c7ccccc7)ccc65)nc(-n5c6ccc(-c7ccc8c(c7)c7ccccc7n8-c7ccccc7)cc6c6cc(-c7ccc8c(c7)c7ccccc7n8-c7ccccc7)ccc65)n4)c3)c2)cc1. The summed E-state index contributed by atoms with van der Waals surface area (Å²) in [7, 11) is 0. The number of para-hydroxylation sites is 8. The van der Waals surface area contributed by atoms with E-state index < -0.39 is 0 Å². The molecule has 0 saturated carbocycles. The lowest BCUT2D eigenvalue weighted by molar-refractivity contribution is 0.893. The first-order valence-corrected chi connectivity index (χ1v) is 45.1. The summed E-state index contributed by atoms with van der Waals surface area (Å²) < 4.78 is 14.1. The van der Waals surface area contributed by atoms with E-state index in [1.165, 1.54) is 43.1 Å². The van der Waals surface area contributed by atoms with Crippen molar-refractivity contribution >= 4 is 131 Å². The van der Waals surface area contributed by atoms with Crippen LogP contribution >= 0.6 is 0 Å². The molecule has 7 aromatic heterocycles. The Bertz CT molecular complexity index is 8440. The molecule has 0 spiro atoms. The predicted molar refractivity (Wildman–Crippen MR) is 549 cm³/mol. The third kappa shape index (κ3) is 12.0. The van der Waals surface area contributed by atoms with Gasteiger partial charge in [-0.3, -0.25) is 9.13 Å². The molecule has 27 aromatic rings. The third-order valence-electron chi connectivity index (χ3n) is 27.2. The molecule has 7 heterocycles. The van der Waals surface area contributed by atoms with E-state index >= 15 is 0 Å². The van der Waals surface area contributed by atoms with Gasteiger partial charge in [0.1, 0.15) is 0 Å². The Labute approximate surface area is 759 Å². The van der Waals surface area contributed by atoms with Gasteiger partial charge in [0.25, 0.3) is 0 Å². The van der Waals surface area contributed by atoms with Crippen LogP contribution in [0.15, 0.2) is 467 Å². The van der Waals surface area contributed by atoms with Crippen LogP contribution in [0.4, 0.5) is 0 Å². The van der Waals surface area contributed by atoms with Crippen LogP contribution in [0.2, 0.25) is 0 Å². The van der Waals surface area contributed by atoms with Crippen LogP contribution in [0, 0.1) is 0 Å². The van der Waals surface area contributed by atoms with Crippen molar-refractivity contribution in [3.05, 3.63) is 467 Å². The van der Waals surface area contributed by atoms with Gasteiger partial charge >= 0.3 is 0 Å². The highest BCUT2D eigenvalue weighted by Crippen LogP contribution is 2.47. The fraction of sp³-hybridized carbons (Fsp3) is 0. The number of nitrogens with zero attached hydrogens (tertiary/aromatic N) is 9. The van der Waals surface area contributed by atoms with Crippen LogP contribution in [0.1, 0.15) is 0 Å². The molecular formula is C123H77N9. The summed E-state index contributed by atoms with van der Waals surface area (Å²) in [5.74, 6) is 1.46.